The molecular formula is C26H27N3O4. The summed E-state index contributed by atoms with van der Waals surface area (Å²) < 4.78 is 7.60. The van der Waals surface area contributed by atoms with Crippen LogP contribution in [0.15, 0.2) is 78.9 Å². The second-order valence-corrected chi connectivity index (χ2v) is 7.93. The number of carbonyl (C=O) groups is 2. The standard InChI is InChI=1S/C26H27N3O4/c1-2-16-33-21-11-6-10-20(17-21)24(30)22-23(19-8-4-3-5-9-19)29(26(32)25(22)31)14-7-13-28-15-12-27-18-28/h3-6,8-12,15,17-18,23,30H,2,7,13-14,16H2,1H3. The Balaban J connectivity index is 1.69. The van der Waals surface area contributed by atoms with Crippen LogP contribution in [0.4, 0.5) is 0 Å². The van der Waals surface area contributed by atoms with Crippen LogP contribution in [0.3, 0.4) is 0 Å². The molecular weight excluding hydrogens is 418 g/mol. The summed E-state index contributed by atoms with van der Waals surface area (Å²) in [6.07, 6.45) is 6.78. The first-order valence-electron chi connectivity index (χ1n) is 11.1. The highest BCUT2D eigenvalue weighted by Crippen LogP contribution is 2.39. The molecule has 0 spiro atoms. The Morgan fingerprint density at radius 1 is 1.09 bits per heavy atom. The van der Waals surface area contributed by atoms with E-state index in [1.807, 2.05) is 48.0 Å². The van der Waals surface area contributed by atoms with E-state index in [9.17, 15) is 14.7 Å². The van der Waals surface area contributed by atoms with Crippen LogP contribution in [-0.4, -0.2) is 44.4 Å². The minimum Gasteiger partial charge on any atom is -0.507 e. The molecule has 1 atom stereocenters. The Hall–Kier alpha value is -3.87. The Morgan fingerprint density at radius 2 is 1.91 bits per heavy atom. The number of carbonyl (C=O) groups excluding carboxylic acids is 2. The summed E-state index contributed by atoms with van der Waals surface area (Å²) >= 11 is 0. The molecule has 7 nitrogen and oxygen atoms in total. The minimum absolute atomic E-state index is 0.0986. The number of ether oxygens (including phenoxy) is 1. The number of benzene rings is 2. The van der Waals surface area contributed by atoms with Crippen LogP contribution in [0, 0.1) is 0 Å². The van der Waals surface area contributed by atoms with E-state index in [2.05, 4.69) is 4.98 Å². The van der Waals surface area contributed by atoms with Crippen LogP contribution in [-0.2, 0) is 16.1 Å². The fourth-order valence-corrected chi connectivity index (χ4v) is 4.04. The van der Waals surface area contributed by atoms with Crippen LogP contribution in [0.1, 0.15) is 36.9 Å². The van der Waals surface area contributed by atoms with Gasteiger partial charge in [0.1, 0.15) is 11.5 Å². The molecule has 1 fully saturated rings. The third-order valence-electron chi connectivity index (χ3n) is 5.61. The van der Waals surface area contributed by atoms with Crippen molar-refractivity contribution in [1.29, 1.82) is 0 Å². The van der Waals surface area contributed by atoms with Gasteiger partial charge in [-0.1, -0.05) is 49.4 Å². The molecule has 7 heteroatoms. The molecule has 2 heterocycles. The second kappa shape index (κ2) is 10.2. The topological polar surface area (TPSA) is 84.7 Å². The number of rotatable bonds is 9. The van der Waals surface area contributed by atoms with E-state index in [1.165, 1.54) is 0 Å². The number of ketones is 1. The molecule has 3 aromatic rings. The van der Waals surface area contributed by atoms with Gasteiger partial charge in [-0.05, 0) is 30.5 Å². The van der Waals surface area contributed by atoms with Crippen LogP contribution >= 0.6 is 0 Å². The monoisotopic (exact) mass is 445 g/mol. The van der Waals surface area contributed by atoms with Gasteiger partial charge in [0.05, 0.1) is 24.5 Å². The Labute approximate surface area is 192 Å². The predicted octanol–water partition coefficient (Wildman–Crippen LogP) is 4.18. The summed E-state index contributed by atoms with van der Waals surface area (Å²) in [6, 6.07) is 15.6. The van der Waals surface area contributed by atoms with Gasteiger partial charge in [-0.3, -0.25) is 9.59 Å². The maximum atomic E-state index is 13.1. The van der Waals surface area contributed by atoms with Gasteiger partial charge in [0.15, 0.2) is 0 Å². The summed E-state index contributed by atoms with van der Waals surface area (Å²) in [5.41, 5.74) is 1.32. The molecule has 1 aliphatic rings. The fraction of sp³-hybridized carbons (Fsp3) is 0.269. The SMILES string of the molecule is CCCOc1cccc(C(O)=C2C(=O)C(=O)N(CCCn3ccnc3)C2c2ccccc2)c1. The third kappa shape index (κ3) is 4.82. The number of nitrogens with zero attached hydrogens (tertiary/aromatic N) is 3. The molecule has 1 N–H and O–H groups in total. The number of hydrogen-bond acceptors (Lipinski definition) is 5. The zero-order valence-corrected chi connectivity index (χ0v) is 18.6. The van der Waals surface area contributed by atoms with Gasteiger partial charge < -0.3 is 19.3 Å². The summed E-state index contributed by atoms with van der Waals surface area (Å²) in [6.45, 7) is 3.60. The number of aliphatic hydroxyl groups is 1. The highest BCUT2D eigenvalue weighted by atomic mass is 16.5. The van der Waals surface area contributed by atoms with E-state index in [0.717, 1.165) is 12.0 Å². The van der Waals surface area contributed by atoms with Gasteiger partial charge in [-0.15, -0.1) is 0 Å². The van der Waals surface area contributed by atoms with Gasteiger partial charge in [0, 0.05) is 31.0 Å². The third-order valence-corrected chi connectivity index (χ3v) is 5.61. The lowest BCUT2D eigenvalue weighted by Crippen LogP contribution is -2.31. The van der Waals surface area contributed by atoms with Crippen LogP contribution in [0.25, 0.3) is 5.76 Å². The van der Waals surface area contributed by atoms with Gasteiger partial charge in [0.2, 0.25) is 0 Å². The summed E-state index contributed by atoms with van der Waals surface area (Å²) in [5.74, 6) is -0.869. The van der Waals surface area contributed by atoms with Crippen molar-refractivity contribution in [2.45, 2.75) is 32.4 Å². The first-order chi connectivity index (χ1) is 16.1. The van der Waals surface area contributed by atoms with E-state index < -0.39 is 17.7 Å². The molecule has 4 rings (SSSR count). The van der Waals surface area contributed by atoms with Crippen molar-refractivity contribution >= 4 is 17.4 Å². The van der Waals surface area contributed by atoms with Crippen molar-refractivity contribution in [2.24, 2.45) is 0 Å². The normalized spacial score (nSPS) is 17.5. The molecule has 0 saturated carbocycles. The van der Waals surface area contributed by atoms with Crippen molar-refractivity contribution in [3.05, 3.63) is 90.0 Å². The average molecular weight is 446 g/mol. The number of aryl methyl sites for hydroxylation is 1. The molecule has 1 aromatic heterocycles. The molecule has 0 bridgehead atoms. The zero-order valence-electron chi connectivity index (χ0n) is 18.6. The fourth-order valence-electron chi connectivity index (χ4n) is 4.04. The first kappa shape index (κ1) is 22.3. The smallest absolute Gasteiger partial charge is 0.295 e. The van der Waals surface area contributed by atoms with Crippen LogP contribution in [0.5, 0.6) is 5.75 Å². The summed E-state index contributed by atoms with van der Waals surface area (Å²) in [7, 11) is 0. The molecule has 0 radical (unpaired) electrons. The number of hydrogen-bond donors (Lipinski definition) is 1. The zero-order chi connectivity index (χ0) is 23.2. The van der Waals surface area contributed by atoms with Crippen LogP contribution in [0.2, 0.25) is 0 Å². The van der Waals surface area contributed by atoms with Gasteiger partial charge in [0.25, 0.3) is 11.7 Å². The quantitative estimate of drug-likeness (QED) is 0.303. The molecule has 0 aliphatic carbocycles. The number of aromatic nitrogens is 2. The summed E-state index contributed by atoms with van der Waals surface area (Å²) in [4.78, 5) is 31.7. The molecule has 170 valence electrons. The molecule has 1 unspecified atom stereocenters. The van der Waals surface area contributed by atoms with E-state index in [-0.39, 0.29) is 11.3 Å². The number of likely N-dealkylation sites (tertiary alicyclic amines) is 1. The lowest BCUT2D eigenvalue weighted by atomic mass is 9.95. The molecule has 1 saturated heterocycles. The summed E-state index contributed by atoms with van der Waals surface area (Å²) in [5, 5.41) is 11.2. The number of amides is 1. The number of Topliss-reactive ketones (excluding diaryl/α,β-unsaturated/α-hetero) is 1. The van der Waals surface area contributed by atoms with Crippen molar-refractivity contribution in [3.8, 4) is 5.75 Å². The van der Waals surface area contributed by atoms with Crippen molar-refractivity contribution in [3.63, 3.8) is 0 Å². The van der Waals surface area contributed by atoms with E-state index in [1.54, 1.807) is 41.7 Å². The molecule has 1 amide bonds. The van der Waals surface area contributed by atoms with Crippen molar-refractivity contribution in [1.82, 2.24) is 14.5 Å². The largest absolute Gasteiger partial charge is 0.507 e. The predicted molar refractivity (Wildman–Crippen MR) is 125 cm³/mol. The maximum Gasteiger partial charge on any atom is 0.295 e. The Kier molecular flexibility index (Phi) is 6.88. The van der Waals surface area contributed by atoms with E-state index >= 15 is 0 Å². The van der Waals surface area contributed by atoms with Crippen molar-refractivity contribution in [2.75, 3.05) is 13.2 Å². The van der Waals surface area contributed by atoms with Gasteiger partial charge in [-0.25, -0.2) is 4.98 Å². The first-order valence-corrected chi connectivity index (χ1v) is 11.1. The minimum atomic E-state index is -0.677. The Bertz CT molecular complexity index is 1140. The Morgan fingerprint density at radius 3 is 2.64 bits per heavy atom. The van der Waals surface area contributed by atoms with Gasteiger partial charge in [-0.2, -0.15) is 0 Å². The second-order valence-electron chi connectivity index (χ2n) is 7.93. The molecule has 2 aromatic carbocycles. The van der Waals surface area contributed by atoms with Gasteiger partial charge >= 0.3 is 0 Å². The lowest BCUT2D eigenvalue weighted by molar-refractivity contribution is -0.139. The molecule has 33 heavy (non-hydrogen) atoms. The van der Waals surface area contributed by atoms with E-state index in [4.69, 9.17) is 4.74 Å². The highest BCUT2D eigenvalue weighted by Gasteiger charge is 2.45. The molecule has 1 aliphatic heterocycles. The van der Waals surface area contributed by atoms with E-state index in [0.29, 0.717) is 37.4 Å². The maximum absolute atomic E-state index is 13.1. The number of imidazole rings is 1. The number of aliphatic hydroxyl groups excluding tert-OH is 1. The van der Waals surface area contributed by atoms with Crippen LogP contribution < -0.4 is 4.74 Å². The van der Waals surface area contributed by atoms with Crippen molar-refractivity contribution < 1.29 is 19.4 Å². The highest BCUT2D eigenvalue weighted by molar-refractivity contribution is 6.46. The average Bonchev–Trinajstić information content (AvgIpc) is 3.45. The lowest BCUT2D eigenvalue weighted by Gasteiger charge is -2.25.